The van der Waals surface area contributed by atoms with E-state index in [1.165, 1.54) is 0 Å². The molecule has 1 aromatic heterocycles. The van der Waals surface area contributed by atoms with Gasteiger partial charge >= 0.3 is 0 Å². The van der Waals surface area contributed by atoms with Crippen molar-refractivity contribution in [3.05, 3.63) is 53.7 Å². The Morgan fingerprint density at radius 2 is 1.87 bits per heavy atom. The Balaban J connectivity index is 2.55. The summed E-state index contributed by atoms with van der Waals surface area (Å²) in [6.07, 6.45) is 0. The smallest absolute Gasteiger partial charge is 0.141 e. The Morgan fingerprint density at radius 1 is 1.13 bits per heavy atom. The first-order valence-electron chi connectivity index (χ1n) is 4.74. The van der Waals surface area contributed by atoms with Crippen molar-refractivity contribution in [2.24, 2.45) is 0 Å². The first-order chi connectivity index (χ1) is 7.29. The standard InChI is InChI=1S/C13H10N2/c1-10-7-12(9-14)15-13(8-10)11-5-3-2-4-6-11/h2-8H,1H3. The summed E-state index contributed by atoms with van der Waals surface area (Å²) in [6.45, 7) is 1.97. The van der Waals surface area contributed by atoms with E-state index in [4.69, 9.17) is 5.26 Å². The second kappa shape index (κ2) is 3.93. The summed E-state index contributed by atoms with van der Waals surface area (Å²) < 4.78 is 0. The summed E-state index contributed by atoms with van der Waals surface area (Å²) in [7, 11) is 0. The molecule has 72 valence electrons. The van der Waals surface area contributed by atoms with Crippen LogP contribution in [0.3, 0.4) is 0 Å². The van der Waals surface area contributed by atoms with Crippen LogP contribution in [-0.2, 0) is 0 Å². The second-order valence-corrected chi connectivity index (χ2v) is 3.39. The van der Waals surface area contributed by atoms with Crippen LogP contribution in [0, 0.1) is 18.3 Å². The Morgan fingerprint density at radius 3 is 2.53 bits per heavy atom. The number of hydrogen-bond donors (Lipinski definition) is 0. The highest BCUT2D eigenvalue weighted by Crippen LogP contribution is 2.18. The molecule has 0 atom stereocenters. The van der Waals surface area contributed by atoms with Crippen molar-refractivity contribution in [1.29, 1.82) is 5.26 Å². The van der Waals surface area contributed by atoms with Crippen LogP contribution in [0.25, 0.3) is 11.3 Å². The molecule has 0 fully saturated rings. The maximum atomic E-state index is 8.82. The van der Waals surface area contributed by atoms with E-state index in [0.29, 0.717) is 5.69 Å². The van der Waals surface area contributed by atoms with E-state index >= 15 is 0 Å². The number of benzene rings is 1. The highest BCUT2D eigenvalue weighted by atomic mass is 14.7. The van der Waals surface area contributed by atoms with Crippen molar-refractivity contribution < 1.29 is 0 Å². The van der Waals surface area contributed by atoms with E-state index in [9.17, 15) is 0 Å². The number of pyridine rings is 1. The molecule has 0 radical (unpaired) electrons. The molecule has 0 N–H and O–H groups in total. The average molecular weight is 194 g/mol. The fourth-order valence-corrected chi connectivity index (χ4v) is 1.48. The van der Waals surface area contributed by atoms with E-state index in [2.05, 4.69) is 11.1 Å². The van der Waals surface area contributed by atoms with Gasteiger partial charge in [0.15, 0.2) is 0 Å². The molecular weight excluding hydrogens is 184 g/mol. The topological polar surface area (TPSA) is 36.7 Å². The number of hydrogen-bond acceptors (Lipinski definition) is 2. The summed E-state index contributed by atoms with van der Waals surface area (Å²) in [4.78, 5) is 4.26. The van der Waals surface area contributed by atoms with Gasteiger partial charge in [0.25, 0.3) is 0 Å². The zero-order valence-corrected chi connectivity index (χ0v) is 8.44. The lowest BCUT2D eigenvalue weighted by Crippen LogP contribution is -1.89. The molecule has 0 aliphatic carbocycles. The third-order valence-electron chi connectivity index (χ3n) is 2.15. The average Bonchev–Trinajstić information content (AvgIpc) is 2.29. The molecule has 0 aliphatic heterocycles. The van der Waals surface area contributed by atoms with Gasteiger partial charge in [-0.25, -0.2) is 4.98 Å². The molecule has 2 heteroatoms. The predicted octanol–water partition coefficient (Wildman–Crippen LogP) is 2.93. The molecule has 0 saturated carbocycles. The maximum absolute atomic E-state index is 8.82. The number of rotatable bonds is 1. The molecular formula is C13H10N2. The molecule has 0 saturated heterocycles. The Hall–Kier alpha value is -2.14. The molecule has 0 spiro atoms. The molecule has 0 unspecified atom stereocenters. The molecule has 2 rings (SSSR count). The van der Waals surface area contributed by atoms with E-state index in [1.807, 2.05) is 43.3 Å². The number of nitriles is 1. The van der Waals surface area contributed by atoms with Gasteiger partial charge in [-0.3, -0.25) is 0 Å². The lowest BCUT2D eigenvalue weighted by atomic mass is 10.1. The van der Waals surface area contributed by atoms with Crippen molar-refractivity contribution in [2.75, 3.05) is 0 Å². The van der Waals surface area contributed by atoms with Crippen LogP contribution in [0.2, 0.25) is 0 Å². The van der Waals surface area contributed by atoms with E-state index < -0.39 is 0 Å². The van der Waals surface area contributed by atoms with Crippen LogP contribution in [0.5, 0.6) is 0 Å². The van der Waals surface area contributed by atoms with Crippen molar-refractivity contribution in [1.82, 2.24) is 4.98 Å². The minimum atomic E-state index is 0.467. The van der Waals surface area contributed by atoms with E-state index in [-0.39, 0.29) is 0 Å². The van der Waals surface area contributed by atoms with Crippen LogP contribution in [0.1, 0.15) is 11.3 Å². The Bertz CT molecular complexity index is 510. The third kappa shape index (κ3) is 2.03. The summed E-state index contributed by atoms with van der Waals surface area (Å²) >= 11 is 0. The molecule has 0 aliphatic rings. The second-order valence-electron chi connectivity index (χ2n) is 3.39. The van der Waals surface area contributed by atoms with Crippen molar-refractivity contribution in [3.8, 4) is 17.3 Å². The first-order valence-corrected chi connectivity index (χ1v) is 4.74. The largest absolute Gasteiger partial charge is 0.237 e. The van der Waals surface area contributed by atoms with Gasteiger partial charge in [0.1, 0.15) is 11.8 Å². The Kier molecular flexibility index (Phi) is 2.47. The minimum absolute atomic E-state index is 0.467. The quantitative estimate of drug-likeness (QED) is 0.699. The van der Waals surface area contributed by atoms with E-state index in [1.54, 1.807) is 6.07 Å². The highest BCUT2D eigenvalue weighted by Gasteiger charge is 2.01. The summed E-state index contributed by atoms with van der Waals surface area (Å²) in [6, 6.07) is 15.7. The number of nitrogens with zero attached hydrogens (tertiary/aromatic N) is 2. The van der Waals surface area contributed by atoms with Gasteiger partial charge in [0, 0.05) is 5.56 Å². The van der Waals surface area contributed by atoms with Gasteiger partial charge in [-0.05, 0) is 24.6 Å². The van der Waals surface area contributed by atoms with Gasteiger partial charge in [-0.15, -0.1) is 0 Å². The van der Waals surface area contributed by atoms with Gasteiger partial charge in [-0.1, -0.05) is 30.3 Å². The zero-order valence-electron chi connectivity index (χ0n) is 8.44. The van der Waals surface area contributed by atoms with Gasteiger partial charge in [0.2, 0.25) is 0 Å². The van der Waals surface area contributed by atoms with Crippen LogP contribution < -0.4 is 0 Å². The van der Waals surface area contributed by atoms with Crippen LogP contribution in [0.4, 0.5) is 0 Å². The highest BCUT2D eigenvalue weighted by molar-refractivity contribution is 5.60. The molecule has 0 amide bonds. The van der Waals surface area contributed by atoms with Crippen molar-refractivity contribution in [3.63, 3.8) is 0 Å². The summed E-state index contributed by atoms with van der Waals surface area (Å²) in [5, 5.41) is 8.82. The SMILES string of the molecule is Cc1cc(C#N)nc(-c2ccccc2)c1. The monoisotopic (exact) mass is 194 g/mol. The van der Waals surface area contributed by atoms with E-state index in [0.717, 1.165) is 16.8 Å². The summed E-state index contributed by atoms with van der Waals surface area (Å²) in [5.41, 5.74) is 3.42. The molecule has 1 heterocycles. The first kappa shape index (κ1) is 9.42. The van der Waals surface area contributed by atoms with Gasteiger partial charge < -0.3 is 0 Å². The van der Waals surface area contributed by atoms with Crippen molar-refractivity contribution >= 4 is 0 Å². The number of aryl methyl sites for hydroxylation is 1. The van der Waals surface area contributed by atoms with Crippen LogP contribution in [-0.4, -0.2) is 4.98 Å². The summed E-state index contributed by atoms with van der Waals surface area (Å²) in [5.74, 6) is 0. The normalized spacial score (nSPS) is 9.60. The molecule has 15 heavy (non-hydrogen) atoms. The molecule has 1 aromatic carbocycles. The molecule has 2 nitrogen and oxygen atoms in total. The van der Waals surface area contributed by atoms with Crippen molar-refractivity contribution in [2.45, 2.75) is 6.92 Å². The molecule has 2 aromatic rings. The predicted molar refractivity (Wildman–Crippen MR) is 59.1 cm³/mol. The van der Waals surface area contributed by atoms with Gasteiger partial charge in [0.05, 0.1) is 5.69 Å². The third-order valence-corrected chi connectivity index (χ3v) is 2.15. The van der Waals surface area contributed by atoms with Crippen LogP contribution >= 0.6 is 0 Å². The van der Waals surface area contributed by atoms with Crippen LogP contribution in [0.15, 0.2) is 42.5 Å². The fraction of sp³-hybridized carbons (Fsp3) is 0.0769. The Labute approximate surface area is 88.8 Å². The molecule has 0 bridgehead atoms. The lowest BCUT2D eigenvalue weighted by molar-refractivity contribution is 1.24. The zero-order chi connectivity index (χ0) is 10.7. The maximum Gasteiger partial charge on any atom is 0.141 e. The minimum Gasteiger partial charge on any atom is -0.237 e. The van der Waals surface area contributed by atoms with Gasteiger partial charge in [-0.2, -0.15) is 5.26 Å². The number of aromatic nitrogens is 1. The fourth-order valence-electron chi connectivity index (χ4n) is 1.48. The lowest BCUT2D eigenvalue weighted by Gasteiger charge is -2.02.